The van der Waals surface area contributed by atoms with Gasteiger partial charge in [0.15, 0.2) is 0 Å². The van der Waals surface area contributed by atoms with Gasteiger partial charge >= 0.3 is 0 Å². The van der Waals surface area contributed by atoms with E-state index in [0.717, 1.165) is 49.3 Å². The average Bonchev–Trinajstić information content (AvgIpc) is 3.34. The number of carbonyl (C=O) groups is 1. The lowest BCUT2D eigenvalue weighted by molar-refractivity contribution is -0.131. The second-order valence-corrected chi connectivity index (χ2v) is 7.98. The number of rotatable bonds is 9. The van der Waals surface area contributed by atoms with Crippen molar-refractivity contribution in [3.8, 4) is 18.1 Å². The van der Waals surface area contributed by atoms with Crippen LogP contribution in [0.4, 0.5) is 5.82 Å². The van der Waals surface area contributed by atoms with Gasteiger partial charge in [0.1, 0.15) is 12.1 Å². The highest BCUT2D eigenvalue weighted by Crippen LogP contribution is 2.30. The van der Waals surface area contributed by atoms with Crippen molar-refractivity contribution in [3.63, 3.8) is 0 Å². The van der Waals surface area contributed by atoms with E-state index < -0.39 is 0 Å². The van der Waals surface area contributed by atoms with Crippen molar-refractivity contribution in [2.24, 2.45) is 0 Å². The van der Waals surface area contributed by atoms with Crippen LogP contribution < -0.4 is 4.90 Å². The van der Waals surface area contributed by atoms with Crippen LogP contribution in [0.1, 0.15) is 56.7 Å². The van der Waals surface area contributed by atoms with Crippen molar-refractivity contribution in [2.75, 3.05) is 24.5 Å². The highest BCUT2D eigenvalue weighted by molar-refractivity contribution is 5.77. The molecular weight excluding hydrogens is 404 g/mol. The maximum Gasteiger partial charge on any atom is 0.237 e. The number of hydrogen-bond acceptors (Lipinski definition) is 7. The van der Waals surface area contributed by atoms with Crippen molar-refractivity contribution in [1.82, 2.24) is 24.4 Å². The number of aromatic nitrogens is 4. The summed E-state index contributed by atoms with van der Waals surface area (Å²) in [7, 11) is 0. The predicted octanol–water partition coefficient (Wildman–Crippen LogP) is 2.94. The van der Waals surface area contributed by atoms with E-state index in [4.69, 9.17) is 15.5 Å². The van der Waals surface area contributed by atoms with E-state index in [1.165, 1.54) is 0 Å². The van der Waals surface area contributed by atoms with Gasteiger partial charge in [-0.05, 0) is 32.6 Å². The van der Waals surface area contributed by atoms with Crippen LogP contribution in [0.2, 0.25) is 0 Å². The van der Waals surface area contributed by atoms with E-state index in [-0.39, 0.29) is 24.8 Å². The lowest BCUT2D eigenvalue weighted by atomic mass is 9.97. The number of aryl methyl sites for hydroxylation is 1. The van der Waals surface area contributed by atoms with E-state index >= 15 is 0 Å². The van der Waals surface area contributed by atoms with Gasteiger partial charge in [-0.3, -0.25) is 9.36 Å². The van der Waals surface area contributed by atoms with Gasteiger partial charge in [0, 0.05) is 55.7 Å². The second kappa shape index (κ2) is 11.2. The van der Waals surface area contributed by atoms with Gasteiger partial charge in [0.05, 0.1) is 25.0 Å². The predicted molar refractivity (Wildman–Crippen MR) is 120 cm³/mol. The van der Waals surface area contributed by atoms with Gasteiger partial charge in [-0.25, -0.2) is 9.97 Å². The van der Waals surface area contributed by atoms with Crippen LogP contribution in [0, 0.1) is 29.6 Å². The summed E-state index contributed by atoms with van der Waals surface area (Å²) in [5.41, 5.74) is 2.03. The number of anilines is 1. The summed E-state index contributed by atoms with van der Waals surface area (Å²) >= 11 is 0. The van der Waals surface area contributed by atoms with E-state index in [1.807, 2.05) is 13.1 Å². The fraction of sp³-hybridized carbons (Fsp3) is 0.565. The molecule has 1 atom stereocenters. The second-order valence-electron chi connectivity index (χ2n) is 7.98. The molecule has 1 saturated heterocycles. The normalized spacial score (nSPS) is 15.8. The Labute approximate surface area is 189 Å². The molecule has 168 valence electrons. The summed E-state index contributed by atoms with van der Waals surface area (Å²) in [6.07, 6.45) is 9.91. The monoisotopic (exact) mass is 434 g/mol. The Bertz CT molecular complexity index is 971. The zero-order valence-electron chi connectivity index (χ0n) is 18.9. The number of amides is 1. The molecule has 0 N–H and O–H groups in total. The Balaban J connectivity index is 1.88. The first-order valence-electron chi connectivity index (χ1n) is 11.2. The van der Waals surface area contributed by atoms with E-state index in [9.17, 15) is 4.79 Å². The molecule has 1 aliphatic heterocycles. The van der Waals surface area contributed by atoms with Gasteiger partial charge < -0.3 is 9.80 Å². The third-order valence-corrected chi connectivity index (χ3v) is 5.92. The van der Waals surface area contributed by atoms with Gasteiger partial charge in [-0.2, -0.15) is 15.5 Å². The first-order chi connectivity index (χ1) is 15.6. The zero-order valence-corrected chi connectivity index (χ0v) is 18.9. The van der Waals surface area contributed by atoms with Crippen LogP contribution in [0.3, 0.4) is 0 Å². The molecule has 9 heteroatoms. The Morgan fingerprint density at radius 1 is 1.22 bits per heavy atom. The third-order valence-electron chi connectivity index (χ3n) is 5.92. The summed E-state index contributed by atoms with van der Waals surface area (Å²) in [4.78, 5) is 30.7. The van der Waals surface area contributed by atoms with Crippen LogP contribution in [0.15, 0.2) is 18.7 Å². The summed E-state index contributed by atoms with van der Waals surface area (Å²) in [5.74, 6) is 1.46. The molecule has 1 aliphatic rings. The van der Waals surface area contributed by atoms with Crippen molar-refractivity contribution in [2.45, 2.75) is 64.8 Å². The van der Waals surface area contributed by atoms with Crippen LogP contribution in [0.5, 0.6) is 0 Å². The molecule has 1 fully saturated rings. The average molecular weight is 435 g/mol. The lowest BCUT2D eigenvalue weighted by Gasteiger charge is -2.38. The van der Waals surface area contributed by atoms with Crippen molar-refractivity contribution < 1.29 is 4.79 Å². The third kappa shape index (κ3) is 5.42. The number of carbonyl (C=O) groups excluding carboxylic acids is 1. The van der Waals surface area contributed by atoms with Gasteiger partial charge in [0.2, 0.25) is 11.9 Å². The first kappa shape index (κ1) is 23.2. The standard InChI is InChI=1S/C23H30N8O/c1-3-20-18(2)27-23(30-15-11-26-17-30)28-22(20)31-14-5-4-8-19(31)16-21(32)29(12-6-9-24)13-7-10-25/h11,15,17,19H,3-8,12-14,16H2,1-2H3. The summed E-state index contributed by atoms with van der Waals surface area (Å²) < 4.78 is 1.80. The fourth-order valence-corrected chi connectivity index (χ4v) is 4.26. The van der Waals surface area contributed by atoms with Crippen LogP contribution in [0.25, 0.3) is 5.95 Å². The molecular formula is C23H30N8O. The Morgan fingerprint density at radius 2 is 1.97 bits per heavy atom. The molecule has 1 unspecified atom stereocenters. The first-order valence-corrected chi connectivity index (χ1v) is 11.2. The smallest absolute Gasteiger partial charge is 0.237 e. The fourth-order valence-electron chi connectivity index (χ4n) is 4.26. The minimum atomic E-state index is -0.00828. The zero-order chi connectivity index (χ0) is 22.9. The molecule has 3 heterocycles. The highest BCUT2D eigenvalue weighted by atomic mass is 16.2. The Hall–Kier alpha value is -3.46. The molecule has 9 nitrogen and oxygen atoms in total. The molecule has 2 aromatic rings. The number of hydrogen-bond donors (Lipinski definition) is 0. The number of nitrogens with zero attached hydrogens (tertiary/aromatic N) is 8. The molecule has 2 aromatic heterocycles. The topological polar surface area (TPSA) is 115 Å². The van der Waals surface area contributed by atoms with Crippen LogP contribution in [-0.4, -0.2) is 56.0 Å². The van der Waals surface area contributed by atoms with Gasteiger partial charge in [0.25, 0.3) is 0 Å². The molecule has 0 spiro atoms. The molecule has 0 saturated carbocycles. The maximum atomic E-state index is 13.1. The van der Waals surface area contributed by atoms with Crippen LogP contribution >= 0.6 is 0 Å². The minimum absolute atomic E-state index is 0.00828. The van der Waals surface area contributed by atoms with E-state index in [2.05, 4.69) is 33.9 Å². The highest BCUT2D eigenvalue weighted by Gasteiger charge is 2.30. The quantitative estimate of drug-likeness (QED) is 0.596. The van der Waals surface area contributed by atoms with E-state index in [0.29, 0.717) is 25.5 Å². The van der Waals surface area contributed by atoms with E-state index in [1.54, 1.807) is 22.0 Å². The number of nitriles is 2. The molecule has 3 rings (SSSR count). The number of piperidine rings is 1. The van der Waals surface area contributed by atoms with Gasteiger partial charge in [-0.1, -0.05) is 6.92 Å². The molecule has 0 bridgehead atoms. The Kier molecular flexibility index (Phi) is 8.15. The van der Waals surface area contributed by atoms with Crippen molar-refractivity contribution in [3.05, 3.63) is 30.0 Å². The minimum Gasteiger partial charge on any atom is -0.353 e. The van der Waals surface area contributed by atoms with Crippen molar-refractivity contribution >= 4 is 11.7 Å². The largest absolute Gasteiger partial charge is 0.353 e. The Morgan fingerprint density at radius 3 is 2.59 bits per heavy atom. The summed E-state index contributed by atoms with van der Waals surface area (Å²) in [6.45, 7) is 5.66. The molecule has 0 radical (unpaired) electrons. The van der Waals surface area contributed by atoms with Crippen LogP contribution in [-0.2, 0) is 11.2 Å². The maximum absolute atomic E-state index is 13.1. The molecule has 0 aliphatic carbocycles. The van der Waals surface area contributed by atoms with Gasteiger partial charge in [-0.15, -0.1) is 0 Å². The lowest BCUT2D eigenvalue weighted by Crippen LogP contribution is -2.45. The number of imidazole rings is 1. The molecule has 0 aromatic carbocycles. The molecule has 1 amide bonds. The summed E-state index contributed by atoms with van der Waals surface area (Å²) in [5, 5.41) is 17.9. The molecule has 32 heavy (non-hydrogen) atoms. The SMILES string of the molecule is CCc1c(C)nc(-n2ccnc2)nc1N1CCCCC1CC(=O)N(CCC#N)CCC#N. The van der Waals surface area contributed by atoms with Crippen molar-refractivity contribution in [1.29, 1.82) is 10.5 Å². The summed E-state index contributed by atoms with van der Waals surface area (Å²) in [6, 6.07) is 4.22.